The lowest BCUT2D eigenvalue weighted by molar-refractivity contribution is 0.0586. The van der Waals surface area contributed by atoms with Crippen molar-refractivity contribution in [1.82, 2.24) is 9.97 Å². The van der Waals surface area contributed by atoms with Gasteiger partial charge < -0.3 is 15.8 Å². The van der Waals surface area contributed by atoms with E-state index >= 15 is 0 Å². The van der Waals surface area contributed by atoms with E-state index in [9.17, 15) is 4.79 Å². The van der Waals surface area contributed by atoms with Crippen molar-refractivity contribution < 1.29 is 9.53 Å². The first-order valence-corrected chi connectivity index (χ1v) is 4.55. The first-order valence-electron chi connectivity index (χ1n) is 4.55. The summed E-state index contributed by atoms with van der Waals surface area (Å²) in [5.41, 5.74) is 6.04. The number of anilines is 1. The van der Waals surface area contributed by atoms with Crippen molar-refractivity contribution in [2.75, 3.05) is 25.5 Å². The number of methoxy groups -OCH3 is 1. The van der Waals surface area contributed by atoms with Crippen LogP contribution in [0.5, 0.6) is 0 Å². The van der Waals surface area contributed by atoms with Gasteiger partial charge in [-0.15, -0.1) is 0 Å². The molecule has 6 nitrogen and oxygen atoms in total. The Labute approximate surface area is 87.9 Å². The monoisotopic (exact) mass is 210 g/mol. The number of hydrogen-bond donors (Lipinski definition) is 2. The van der Waals surface area contributed by atoms with Crippen LogP contribution in [0.3, 0.4) is 0 Å². The highest BCUT2D eigenvalue weighted by atomic mass is 16.5. The predicted molar refractivity (Wildman–Crippen MR) is 55.7 cm³/mol. The molecule has 0 saturated heterocycles. The van der Waals surface area contributed by atoms with E-state index in [-0.39, 0.29) is 5.82 Å². The van der Waals surface area contributed by atoms with Crippen molar-refractivity contribution in [2.24, 2.45) is 5.73 Å². The van der Waals surface area contributed by atoms with E-state index in [4.69, 9.17) is 5.73 Å². The van der Waals surface area contributed by atoms with Gasteiger partial charge in [0.25, 0.3) is 0 Å². The molecule has 0 aromatic carbocycles. The Morgan fingerprint density at radius 1 is 1.60 bits per heavy atom. The zero-order valence-corrected chi connectivity index (χ0v) is 8.78. The van der Waals surface area contributed by atoms with Crippen molar-refractivity contribution in [3.8, 4) is 0 Å². The van der Waals surface area contributed by atoms with Crippen LogP contribution in [-0.2, 0) is 4.74 Å². The minimum absolute atomic E-state index is 0.0528. The highest BCUT2D eigenvalue weighted by molar-refractivity contribution is 5.85. The second-order valence-electron chi connectivity index (χ2n) is 2.93. The number of hydrogen-bond acceptors (Lipinski definition) is 6. The summed E-state index contributed by atoms with van der Waals surface area (Å²) in [5.74, 6) is 0.0832. The SMILES string of the molecule is COC(=O)c1nc(C)cc(NCCN)n1. The number of nitrogens with zero attached hydrogens (tertiary/aromatic N) is 2. The molecule has 3 N–H and O–H groups in total. The van der Waals surface area contributed by atoms with Crippen LogP contribution in [0.1, 0.15) is 16.3 Å². The van der Waals surface area contributed by atoms with Crippen LogP contribution < -0.4 is 11.1 Å². The molecular weight excluding hydrogens is 196 g/mol. The minimum Gasteiger partial charge on any atom is -0.463 e. The highest BCUT2D eigenvalue weighted by Crippen LogP contribution is 2.06. The molecule has 0 amide bonds. The van der Waals surface area contributed by atoms with Gasteiger partial charge in [0.15, 0.2) is 0 Å². The van der Waals surface area contributed by atoms with Crippen molar-refractivity contribution >= 4 is 11.8 Å². The Bertz CT molecular complexity index is 354. The van der Waals surface area contributed by atoms with Crippen LogP contribution in [-0.4, -0.2) is 36.1 Å². The molecule has 0 fully saturated rings. The zero-order chi connectivity index (χ0) is 11.3. The maximum Gasteiger partial charge on any atom is 0.376 e. The van der Waals surface area contributed by atoms with Gasteiger partial charge in [0.2, 0.25) is 5.82 Å². The molecule has 0 aliphatic carbocycles. The van der Waals surface area contributed by atoms with Crippen LogP contribution in [0.2, 0.25) is 0 Å². The zero-order valence-electron chi connectivity index (χ0n) is 8.78. The molecular formula is C9H14N4O2. The minimum atomic E-state index is -0.547. The largest absolute Gasteiger partial charge is 0.463 e. The molecule has 1 aromatic rings. The van der Waals surface area contributed by atoms with Crippen LogP contribution in [0.15, 0.2) is 6.07 Å². The molecule has 0 radical (unpaired) electrons. The molecule has 0 atom stereocenters. The third-order valence-electron chi connectivity index (χ3n) is 1.67. The summed E-state index contributed by atoms with van der Waals surface area (Å²) in [6.07, 6.45) is 0. The normalized spacial score (nSPS) is 9.80. The predicted octanol–water partition coefficient (Wildman–Crippen LogP) is -0.0578. The Morgan fingerprint density at radius 2 is 2.33 bits per heavy atom. The Hall–Kier alpha value is -1.69. The molecule has 1 heterocycles. The van der Waals surface area contributed by atoms with E-state index in [1.165, 1.54) is 7.11 Å². The molecule has 0 spiro atoms. The molecule has 1 rings (SSSR count). The Balaban J connectivity index is 2.89. The lowest BCUT2D eigenvalue weighted by atomic mass is 10.4. The number of esters is 1. The maximum atomic E-state index is 11.2. The van der Waals surface area contributed by atoms with Crippen LogP contribution >= 0.6 is 0 Å². The molecule has 1 aromatic heterocycles. The van der Waals surface area contributed by atoms with Gasteiger partial charge in [-0.1, -0.05) is 0 Å². The summed E-state index contributed by atoms with van der Waals surface area (Å²) in [6.45, 7) is 2.87. The van der Waals surface area contributed by atoms with Crippen LogP contribution in [0.25, 0.3) is 0 Å². The van der Waals surface area contributed by atoms with Crippen molar-refractivity contribution in [3.05, 3.63) is 17.6 Å². The number of carbonyl (C=O) groups is 1. The van der Waals surface area contributed by atoms with Crippen LogP contribution in [0, 0.1) is 6.92 Å². The fourth-order valence-electron chi connectivity index (χ4n) is 1.04. The van der Waals surface area contributed by atoms with Gasteiger partial charge >= 0.3 is 5.97 Å². The standard InChI is InChI=1S/C9H14N4O2/c1-6-5-7(11-4-3-10)13-8(12-6)9(14)15-2/h5H,3-4,10H2,1-2H3,(H,11,12,13). The van der Waals surface area contributed by atoms with Gasteiger partial charge in [0, 0.05) is 24.8 Å². The van der Waals surface area contributed by atoms with Crippen LogP contribution in [0.4, 0.5) is 5.82 Å². The molecule has 0 saturated carbocycles. The summed E-state index contributed by atoms with van der Waals surface area (Å²) in [5, 5.41) is 2.97. The number of ether oxygens (including phenoxy) is 1. The summed E-state index contributed by atoms with van der Waals surface area (Å²) in [7, 11) is 1.29. The highest BCUT2D eigenvalue weighted by Gasteiger charge is 2.10. The molecule has 82 valence electrons. The number of aromatic nitrogens is 2. The van der Waals surface area contributed by atoms with Gasteiger partial charge in [-0.2, -0.15) is 0 Å². The van der Waals surface area contributed by atoms with E-state index in [1.54, 1.807) is 13.0 Å². The molecule has 0 aliphatic rings. The molecule has 0 bridgehead atoms. The fraction of sp³-hybridized carbons (Fsp3) is 0.444. The van der Waals surface area contributed by atoms with Crippen molar-refractivity contribution in [2.45, 2.75) is 6.92 Å². The Morgan fingerprint density at radius 3 is 2.93 bits per heavy atom. The quantitative estimate of drug-likeness (QED) is 0.677. The fourth-order valence-corrected chi connectivity index (χ4v) is 1.04. The molecule has 0 unspecified atom stereocenters. The average Bonchev–Trinajstić information content (AvgIpc) is 2.24. The lowest BCUT2D eigenvalue weighted by Gasteiger charge is -2.06. The van der Waals surface area contributed by atoms with E-state index in [0.717, 1.165) is 0 Å². The van der Waals surface area contributed by atoms with Gasteiger partial charge in [0.1, 0.15) is 5.82 Å². The number of carbonyl (C=O) groups excluding carboxylic acids is 1. The topological polar surface area (TPSA) is 90.1 Å². The molecule has 0 aliphatic heterocycles. The first kappa shape index (κ1) is 11.4. The van der Waals surface area contributed by atoms with Gasteiger partial charge in [0.05, 0.1) is 7.11 Å². The second kappa shape index (κ2) is 5.26. The number of nitrogens with one attached hydrogen (secondary N) is 1. The van der Waals surface area contributed by atoms with E-state index in [1.807, 2.05) is 0 Å². The molecule has 6 heteroatoms. The third kappa shape index (κ3) is 3.17. The van der Waals surface area contributed by atoms with Gasteiger partial charge in [-0.25, -0.2) is 14.8 Å². The van der Waals surface area contributed by atoms with Gasteiger partial charge in [-0.05, 0) is 6.92 Å². The van der Waals surface area contributed by atoms with E-state index in [2.05, 4.69) is 20.0 Å². The lowest BCUT2D eigenvalue weighted by Crippen LogP contribution is -2.16. The number of aryl methyl sites for hydroxylation is 1. The third-order valence-corrected chi connectivity index (χ3v) is 1.67. The summed E-state index contributed by atoms with van der Waals surface area (Å²) in [6, 6.07) is 1.74. The maximum absolute atomic E-state index is 11.2. The smallest absolute Gasteiger partial charge is 0.376 e. The second-order valence-corrected chi connectivity index (χ2v) is 2.93. The Kier molecular flexibility index (Phi) is 3.99. The molecule has 15 heavy (non-hydrogen) atoms. The average molecular weight is 210 g/mol. The van der Waals surface area contributed by atoms with Crippen molar-refractivity contribution in [3.63, 3.8) is 0 Å². The number of nitrogens with two attached hydrogens (primary N) is 1. The summed E-state index contributed by atoms with van der Waals surface area (Å²) < 4.78 is 4.53. The summed E-state index contributed by atoms with van der Waals surface area (Å²) in [4.78, 5) is 19.1. The number of rotatable bonds is 4. The first-order chi connectivity index (χ1) is 7.17. The summed E-state index contributed by atoms with van der Waals surface area (Å²) >= 11 is 0. The van der Waals surface area contributed by atoms with Gasteiger partial charge in [-0.3, -0.25) is 0 Å². The van der Waals surface area contributed by atoms with E-state index < -0.39 is 5.97 Å². The van der Waals surface area contributed by atoms with E-state index in [0.29, 0.717) is 24.6 Å². The van der Waals surface area contributed by atoms with Crippen molar-refractivity contribution in [1.29, 1.82) is 0 Å².